The van der Waals surface area contributed by atoms with E-state index in [1.807, 2.05) is 0 Å². The zero-order valence-electron chi connectivity index (χ0n) is 6.48. The fourth-order valence-electron chi connectivity index (χ4n) is 1.59. The third-order valence-corrected chi connectivity index (χ3v) is 2.54. The number of allylic oxidation sites excluding steroid dienone is 1. The normalized spacial score (nSPS) is 36.9. The van der Waals surface area contributed by atoms with Gasteiger partial charge in [0.1, 0.15) is 0 Å². The molecule has 0 saturated heterocycles. The summed E-state index contributed by atoms with van der Waals surface area (Å²) < 4.78 is 0. The Morgan fingerprint density at radius 1 is 1.22 bits per heavy atom. The summed E-state index contributed by atoms with van der Waals surface area (Å²) in [6.07, 6.45) is 4.13. The van der Waals surface area contributed by atoms with Crippen molar-refractivity contribution in [2.75, 3.05) is 0 Å². The highest BCUT2D eigenvalue weighted by Gasteiger charge is 2.18. The molecule has 1 saturated carbocycles. The molecule has 0 spiro atoms. The zero-order valence-corrected chi connectivity index (χ0v) is 6.48. The second kappa shape index (κ2) is 2.55. The van der Waals surface area contributed by atoms with Crippen molar-refractivity contribution in [3.63, 3.8) is 0 Å². The van der Waals surface area contributed by atoms with Crippen LogP contribution >= 0.6 is 0 Å². The van der Waals surface area contributed by atoms with Crippen molar-refractivity contribution in [1.82, 2.24) is 0 Å². The van der Waals surface area contributed by atoms with Crippen LogP contribution in [0.15, 0.2) is 12.2 Å². The largest absolute Gasteiger partial charge is 0.0993 e. The minimum absolute atomic E-state index is 0.786. The minimum Gasteiger partial charge on any atom is -0.0993 e. The second-order valence-electron chi connectivity index (χ2n) is 3.31. The molecule has 0 heteroatoms. The Bertz CT molecular complexity index is 101. The van der Waals surface area contributed by atoms with Crippen molar-refractivity contribution in [1.29, 1.82) is 0 Å². The molecule has 1 aliphatic rings. The molecule has 0 aromatic carbocycles. The maximum atomic E-state index is 4.08. The third kappa shape index (κ3) is 1.35. The van der Waals surface area contributed by atoms with Crippen molar-refractivity contribution in [2.24, 2.45) is 11.8 Å². The summed E-state index contributed by atoms with van der Waals surface area (Å²) in [7, 11) is 0. The van der Waals surface area contributed by atoms with Crippen molar-refractivity contribution < 1.29 is 0 Å². The summed E-state index contributed by atoms with van der Waals surface area (Å²) >= 11 is 0. The molecule has 0 amide bonds. The van der Waals surface area contributed by atoms with E-state index >= 15 is 0 Å². The zero-order chi connectivity index (χ0) is 6.85. The van der Waals surface area contributed by atoms with Crippen LogP contribution in [0.4, 0.5) is 0 Å². The molecule has 0 heterocycles. The topological polar surface area (TPSA) is 0 Å². The Morgan fingerprint density at radius 2 is 1.67 bits per heavy atom. The molecule has 0 radical (unpaired) electrons. The molecule has 9 heavy (non-hydrogen) atoms. The van der Waals surface area contributed by atoms with E-state index in [0.29, 0.717) is 0 Å². The van der Waals surface area contributed by atoms with Crippen molar-refractivity contribution in [3.05, 3.63) is 12.2 Å². The quantitative estimate of drug-likeness (QED) is 0.435. The van der Waals surface area contributed by atoms with Crippen LogP contribution in [0.3, 0.4) is 0 Å². The Morgan fingerprint density at radius 3 is 2.00 bits per heavy atom. The van der Waals surface area contributed by atoms with Gasteiger partial charge in [0.25, 0.3) is 0 Å². The molecule has 0 bridgehead atoms. The molecule has 0 N–H and O–H groups in total. The van der Waals surface area contributed by atoms with Crippen molar-refractivity contribution >= 4 is 0 Å². The first-order chi connectivity index (χ1) is 4.22. The van der Waals surface area contributed by atoms with Gasteiger partial charge in [-0.1, -0.05) is 32.4 Å². The fraction of sp³-hybridized carbons (Fsp3) is 0.778. The highest BCUT2D eigenvalue weighted by molar-refractivity contribution is 5.05. The summed E-state index contributed by atoms with van der Waals surface area (Å²) in [6.45, 7) is 8.66. The lowest BCUT2D eigenvalue weighted by Gasteiger charge is -2.26. The number of rotatable bonds is 0. The van der Waals surface area contributed by atoms with Gasteiger partial charge >= 0.3 is 0 Å². The average molecular weight is 124 g/mol. The van der Waals surface area contributed by atoms with Crippen LogP contribution in [0.25, 0.3) is 0 Å². The minimum atomic E-state index is 0.786. The van der Waals surface area contributed by atoms with E-state index in [9.17, 15) is 0 Å². The molecule has 1 rings (SSSR count). The molecule has 52 valence electrons. The lowest BCUT2D eigenvalue weighted by molar-refractivity contribution is 0.406. The predicted molar refractivity (Wildman–Crippen MR) is 41.3 cm³/mol. The van der Waals surface area contributed by atoms with Gasteiger partial charge in [0.15, 0.2) is 0 Å². The summed E-state index contributed by atoms with van der Waals surface area (Å²) in [5.74, 6) is 1.57. The van der Waals surface area contributed by atoms with E-state index in [-0.39, 0.29) is 0 Å². The van der Waals surface area contributed by atoms with E-state index in [2.05, 4.69) is 20.4 Å². The maximum absolute atomic E-state index is 4.08. The molecule has 0 aromatic heterocycles. The van der Waals surface area contributed by atoms with Gasteiger partial charge < -0.3 is 0 Å². The molecular weight excluding hydrogens is 108 g/mol. The van der Waals surface area contributed by atoms with Crippen LogP contribution < -0.4 is 0 Å². The number of hydrogen-bond acceptors (Lipinski definition) is 0. The monoisotopic (exact) mass is 124 g/mol. The maximum Gasteiger partial charge on any atom is -0.0232 e. The summed E-state index contributed by atoms with van der Waals surface area (Å²) in [5, 5.41) is 0. The third-order valence-electron chi connectivity index (χ3n) is 2.54. The molecule has 1 fully saturated rings. The summed E-state index contributed by atoms with van der Waals surface area (Å²) in [6, 6.07) is 0. The van der Waals surface area contributed by atoms with Crippen LogP contribution in [-0.2, 0) is 0 Å². The Balaban J connectivity index is 2.52. The second-order valence-corrected chi connectivity index (χ2v) is 3.31. The first-order valence-electron chi connectivity index (χ1n) is 3.90. The van der Waals surface area contributed by atoms with Crippen LogP contribution in [0.1, 0.15) is 33.1 Å². The van der Waals surface area contributed by atoms with E-state index < -0.39 is 0 Å². The molecule has 0 aromatic rings. The Kier molecular flexibility index (Phi) is 1.94. The lowest BCUT2D eigenvalue weighted by Crippen LogP contribution is -2.13. The van der Waals surface area contributed by atoms with Crippen LogP contribution in [0, 0.1) is 11.8 Å². The first kappa shape index (κ1) is 6.85. The van der Waals surface area contributed by atoms with E-state index in [1.54, 1.807) is 0 Å². The van der Waals surface area contributed by atoms with Gasteiger partial charge in [0.05, 0.1) is 0 Å². The fourth-order valence-corrected chi connectivity index (χ4v) is 1.59. The van der Waals surface area contributed by atoms with Gasteiger partial charge in [-0.3, -0.25) is 0 Å². The standard InChI is InChI=1S/C9H16/c1-7-5-4-6-8(2)9(7)3/h7-8H,3-6H2,1-2H3/t7-,8+. The van der Waals surface area contributed by atoms with Crippen LogP contribution in [0.2, 0.25) is 0 Å². The summed E-state index contributed by atoms with van der Waals surface area (Å²) in [5.41, 5.74) is 1.47. The van der Waals surface area contributed by atoms with E-state index in [0.717, 1.165) is 11.8 Å². The smallest absolute Gasteiger partial charge is 0.0232 e. The van der Waals surface area contributed by atoms with Gasteiger partial charge in [-0.25, -0.2) is 0 Å². The first-order valence-corrected chi connectivity index (χ1v) is 3.90. The lowest BCUT2D eigenvalue weighted by atomic mass is 9.80. The van der Waals surface area contributed by atoms with Gasteiger partial charge in [-0.15, -0.1) is 0 Å². The van der Waals surface area contributed by atoms with Crippen molar-refractivity contribution in [2.45, 2.75) is 33.1 Å². The average Bonchev–Trinajstić information content (AvgIpc) is 1.83. The van der Waals surface area contributed by atoms with Crippen molar-refractivity contribution in [3.8, 4) is 0 Å². The molecule has 2 atom stereocenters. The van der Waals surface area contributed by atoms with Gasteiger partial charge in [-0.2, -0.15) is 0 Å². The van der Waals surface area contributed by atoms with Gasteiger partial charge in [0, 0.05) is 0 Å². The van der Waals surface area contributed by atoms with Crippen LogP contribution in [0.5, 0.6) is 0 Å². The van der Waals surface area contributed by atoms with Crippen LogP contribution in [-0.4, -0.2) is 0 Å². The number of hydrogen-bond donors (Lipinski definition) is 0. The highest BCUT2D eigenvalue weighted by atomic mass is 14.2. The Hall–Kier alpha value is -0.260. The highest BCUT2D eigenvalue weighted by Crippen LogP contribution is 2.31. The molecule has 1 aliphatic carbocycles. The van der Waals surface area contributed by atoms with Gasteiger partial charge in [-0.05, 0) is 24.7 Å². The SMILES string of the molecule is C=C1[C@H](C)CCC[C@@H]1C. The molecular formula is C9H16. The molecule has 0 aliphatic heterocycles. The van der Waals surface area contributed by atoms with E-state index in [1.165, 1.54) is 24.8 Å². The predicted octanol–water partition coefficient (Wildman–Crippen LogP) is 3.00. The summed E-state index contributed by atoms with van der Waals surface area (Å²) in [4.78, 5) is 0. The molecule has 0 unspecified atom stereocenters. The van der Waals surface area contributed by atoms with Gasteiger partial charge in [0.2, 0.25) is 0 Å². The van der Waals surface area contributed by atoms with E-state index in [4.69, 9.17) is 0 Å². The molecule has 0 nitrogen and oxygen atoms in total. The Labute approximate surface area is 58.0 Å².